The molecule has 36 heavy (non-hydrogen) atoms. The third kappa shape index (κ3) is 7.04. The van der Waals surface area contributed by atoms with E-state index in [4.69, 9.17) is 0 Å². The number of hydrogen-bond donors (Lipinski definition) is 1. The zero-order valence-corrected chi connectivity index (χ0v) is 21.4. The molecule has 0 unspecified atom stereocenters. The first-order valence-electron chi connectivity index (χ1n) is 12.3. The molecule has 6 heteroatoms. The van der Waals surface area contributed by atoms with Gasteiger partial charge >= 0.3 is 0 Å². The molecular formula is C30H35N3O3. The number of amides is 3. The number of hydrogen-bond acceptors (Lipinski definition) is 3. The van der Waals surface area contributed by atoms with Crippen LogP contribution in [0.3, 0.4) is 0 Å². The number of rotatable bonds is 10. The van der Waals surface area contributed by atoms with Crippen LogP contribution in [0.1, 0.15) is 62.5 Å². The van der Waals surface area contributed by atoms with E-state index in [2.05, 4.69) is 5.32 Å². The van der Waals surface area contributed by atoms with E-state index in [-0.39, 0.29) is 48.9 Å². The van der Waals surface area contributed by atoms with E-state index in [0.29, 0.717) is 0 Å². The fraction of sp³-hybridized carbons (Fsp3) is 0.300. The highest BCUT2D eigenvalue weighted by molar-refractivity contribution is 5.88. The molecule has 0 heterocycles. The van der Waals surface area contributed by atoms with E-state index in [1.54, 1.807) is 9.80 Å². The Kier molecular flexibility index (Phi) is 9.39. The minimum absolute atomic E-state index is 0.114. The SMILES string of the molecule is CC(=O)N(CC(=O)N(CC(=O)N[C@@H](C)c1ccccc1)[C@H](C)c1ccccc1)[C@@H](C)c1ccccc1. The van der Waals surface area contributed by atoms with E-state index < -0.39 is 0 Å². The third-order valence-electron chi connectivity index (χ3n) is 6.52. The summed E-state index contributed by atoms with van der Waals surface area (Å²) in [5.41, 5.74) is 2.84. The van der Waals surface area contributed by atoms with Gasteiger partial charge in [-0.05, 0) is 37.5 Å². The molecule has 6 nitrogen and oxygen atoms in total. The Hall–Kier alpha value is -3.93. The summed E-state index contributed by atoms with van der Waals surface area (Å²) in [4.78, 5) is 42.4. The van der Waals surface area contributed by atoms with Gasteiger partial charge in [-0.1, -0.05) is 91.0 Å². The zero-order valence-electron chi connectivity index (χ0n) is 21.4. The van der Waals surface area contributed by atoms with Crippen molar-refractivity contribution in [3.63, 3.8) is 0 Å². The lowest BCUT2D eigenvalue weighted by Gasteiger charge is -2.34. The minimum atomic E-state index is -0.350. The number of nitrogens with one attached hydrogen (secondary N) is 1. The molecule has 0 radical (unpaired) electrons. The Bertz CT molecular complexity index is 1140. The molecule has 0 aromatic heterocycles. The van der Waals surface area contributed by atoms with Crippen molar-refractivity contribution in [3.8, 4) is 0 Å². The topological polar surface area (TPSA) is 69.7 Å². The highest BCUT2D eigenvalue weighted by atomic mass is 16.2. The van der Waals surface area contributed by atoms with Crippen LogP contribution in [-0.2, 0) is 14.4 Å². The summed E-state index contributed by atoms with van der Waals surface area (Å²) in [7, 11) is 0. The summed E-state index contributed by atoms with van der Waals surface area (Å²) >= 11 is 0. The van der Waals surface area contributed by atoms with Crippen molar-refractivity contribution in [2.45, 2.75) is 45.8 Å². The van der Waals surface area contributed by atoms with E-state index in [1.165, 1.54) is 6.92 Å². The van der Waals surface area contributed by atoms with Gasteiger partial charge in [0, 0.05) is 6.92 Å². The lowest BCUT2D eigenvalue weighted by atomic mass is 10.1. The van der Waals surface area contributed by atoms with Crippen molar-refractivity contribution in [3.05, 3.63) is 108 Å². The molecule has 0 aliphatic carbocycles. The smallest absolute Gasteiger partial charge is 0.243 e. The largest absolute Gasteiger partial charge is 0.348 e. The molecule has 0 fully saturated rings. The first-order chi connectivity index (χ1) is 17.3. The molecule has 0 spiro atoms. The second kappa shape index (κ2) is 12.7. The van der Waals surface area contributed by atoms with Gasteiger partial charge in [-0.25, -0.2) is 0 Å². The Balaban J connectivity index is 1.80. The van der Waals surface area contributed by atoms with Gasteiger partial charge in [0.1, 0.15) is 13.1 Å². The van der Waals surface area contributed by atoms with Crippen LogP contribution in [0.4, 0.5) is 0 Å². The Morgan fingerprint density at radius 3 is 1.50 bits per heavy atom. The number of carbonyl (C=O) groups excluding carboxylic acids is 3. The van der Waals surface area contributed by atoms with Crippen molar-refractivity contribution < 1.29 is 14.4 Å². The molecule has 0 aliphatic rings. The van der Waals surface area contributed by atoms with Crippen molar-refractivity contribution in [2.24, 2.45) is 0 Å². The predicted octanol–water partition coefficient (Wildman–Crippen LogP) is 5.06. The highest BCUT2D eigenvalue weighted by Gasteiger charge is 2.29. The van der Waals surface area contributed by atoms with E-state index in [9.17, 15) is 14.4 Å². The van der Waals surface area contributed by atoms with Crippen molar-refractivity contribution in [1.82, 2.24) is 15.1 Å². The monoisotopic (exact) mass is 485 g/mol. The van der Waals surface area contributed by atoms with Crippen molar-refractivity contribution in [2.75, 3.05) is 13.1 Å². The summed E-state index contributed by atoms with van der Waals surface area (Å²) in [5.74, 6) is -0.742. The van der Waals surface area contributed by atoms with Crippen LogP contribution in [-0.4, -0.2) is 40.6 Å². The Morgan fingerprint density at radius 2 is 1.06 bits per heavy atom. The molecule has 1 N–H and O–H groups in total. The Morgan fingerprint density at radius 1 is 0.639 bits per heavy atom. The van der Waals surface area contributed by atoms with Crippen molar-refractivity contribution in [1.29, 1.82) is 0 Å². The summed E-state index contributed by atoms with van der Waals surface area (Å²) in [5, 5.41) is 3.00. The van der Waals surface area contributed by atoms with Crippen LogP contribution in [0, 0.1) is 0 Å². The Labute approximate surface area is 213 Å². The summed E-state index contributed by atoms with van der Waals surface area (Å²) in [6.07, 6.45) is 0. The van der Waals surface area contributed by atoms with Gasteiger partial charge in [-0.2, -0.15) is 0 Å². The lowest BCUT2D eigenvalue weighted by Crippen LogP contribution is -2.47. The fourth-order valence-corrected chi connectivity index (χ4v) is 4.29. The van der Waals surface area contributed by atoms with Gasteiger partial charge in [0.05, 0.1) is 18.1 Å². The maximum Gasteiger partial charge on any atom is 0.243 e. The van der Waals surface area contributed by atoms with Gasteiger partial charge in [-0.15, -0.1) is 0 Å². The highest BCUT2D eigenvalue weighted by Crippen LogP contribution is 2.24. The number of benzene rings is 3. The second-order valence-corrected chi connectivity index (χ2v) is 9.04. The van der Waals surface area contributed by atoms with Gasteiger partial charge in [-0.3, -0.25) is 14.4 Å². The van der Waals surface area contributed by atoms with Gasteiger partial charge in [0.25, 0.3) is 0 Å². The molecule has 3 amide bonds. The van der Waals surface area contributed by atoms with E-state index in [1.807, 2.05) is 112 Å². The van der Waals surface area contributed by atoms with Crippen LogP contribution >= 0.6 is 0 Å². The lowest BCUT2D eigenvalue weighted by molar-refractivity contribution is -0.144. The maximum atomic E-state index is 13.7. The summed E-state index contributed by atoms with van der Waals surface area (Å²) in [6.45, 7) is 6.95. The van der Waals surface area contributed by atoms with Gasteiger partial charge in [0.15, 0.2) is 0 Å². The van der Waals surface area contributed by atoms with Crippen LogP contribution in [0.5, 0.6) is 0 Å². The van der Waals surface area contributed by atoms with E-state index in [0.717, 1.165) is 16.7 Å². The van der Waals surface area contributed by atoms with Crippen LogP contribution in [0.25, 0.3) is 0 Å². The summed E-state index contributed by atoms with van der Waals surface area (Å²) in [6, 6.07) is 28.1. The standard InChI is InChI=1S/C30H35N3O3/c1-22(26-14-8-5-9-15-26)31-29(35)20-33(24(3)28-18-12-7-13-19-28)30(36)21-32(25(4)34)23(2)27-16-10-6-11-17-27/h5-19,22-24H,20-21H2,1-4H3,(H,31,35)/t22-,23-,24+/m0/s1. The second-order valence-electron chi connectivity index (χ2n) is 9.04. The van der Waals surface area contributed by atoms with Crippen LogP contribution < -0.4 is 5.32 Å². The normalized spacial score (nSPS) is 13.2. The zero-order chi connectivity index (χ0) is 26.1. The molecule has 3 rings (SSSR count). The third-order valence-corrected chi connectivity index (χ3v) is 6.52. The number of carbonyl (C=O) groups is 3. The molecule has 3 atom stereocenters. The molecule has 0 bridgehead atoms. The molecule has 3 aromatic rings. The van der Waals surface area contributed by atoms with Crippen molar-refractivity contribution >= 4 is 17.7 Å². The molecule has 0 aliphatic heterocycles. The van der Waals surface area contributed by atoms with Crippen LogP contribution in [0.15, 0.2) is 91.0 Å². The molecular weight excluding hydrogens is 450 g/mol. The first-order valence-corrected chi connectivity index (χ1v) is 12.3. The maximum absolute atomic E-state index is 13.7. The molecule has 188 valence electrons. The van der Waals surface area contributed by atoms with E-state index >= 15 is 0 Å². The average molecular weight is 486 g/mol. The first kappa shape index (κ1) is 26.7. The predicted molar refractivity (Wildman–Crippen MR) is 142 cm³/mol. The quantitative estimate of drug-likeness (QED) is 0.436. The minimum Gasteiger partial charge on any atom is -0.348 e. The van der Waals surface area contributed by atoms with Gasteiger partial charge in [0.2, 0.25) is 17.7 Å². The average Bonchev–Trinajstić information content (AvgIpc) is 2.90. The van der Waals surface area contributed by atoms with Gasteiger partial charge < -0.3 is 15.1 Å². The van der Waals surface area contributed by atoms with Crippen LogP contribution in [0.2, 0.25) is 0 Å². The summed E-state index contributed by atoms with van der Waals surface area (Å²) < 4.78 is 0. The fourth-order valence-electron chi connectivity index (χ4n) is 4.29. The molecule has 0 saturated carbocycles. The number of nitrogens with zero attached hydrogens (tertiary/aromatic N) is 2. The molecule has 0 saturated heterocycles. The molecule has 3 aromatic carbocycles.